The molecule has 1 atom stereocenters. The van der Waals surface area contributed by atoms with Gasteiger partial charge in [0.2, 0.25) is 0 Å². The largest absolute Gasteiger partial charge is 0.459 e. The van der Waals surface area contributed by atoms with Gasteiger partial charge in [0, 0.05) is 5.39 Å². The van der Waals surface area contributed by atoms with Crippen LogP contribution in [0.2, 0.25) is 10.0 Å². The zero-order valence-corrected chi connectivity index (χ0v) is 12.9. The summed E-state index contributed by atoms with van der Waals surface area (Å²) in [5.41, 5.74) is 5.61. The average molecular weight is 321 g/mol. The molecule has 0 amide bonds. The molecule has 3 aromatic rings. The van der Waals surface area contributed by atoms with Crippen LogP contribution in [-0.4, -0.2) is 0 Å². The van der Waals surface area contributed by atoms with Crippen molar-refractivity contribution in [3.8, 4) is 0 Å². The molecule has 0 aliphatic carbocycles. The van der Waals surface area contributed by atoms with Crippen LogP contribution in [0.5, 0.6) is 0 Å². The molecule has 1 unspecified atom stereocenters. The molecule has 0 radical (unpaired) electrons. The molecule has 3 rings (SSSR count). The molecule has 1 aromatic heterocycles. The number of rotatable bonds is 3. The number of halogens is 2. The standard InChI is InChI=1S/C16H14Cl2N2O/c1-9-3-2-4-11-8-14(21-16(9)11)15(20-19)10-5-6-12(17)13(18)7-10/h2-8,15,20H,19H2,1H3. The number of nitrogens with two attached hydrogens (primary N) is 1. The summed E-state index contributed by atoms with van der Waals surface area (Å²) in [6, 6.07) is 13.1. The average Bonchev–Trinajstić information content (AvgIpc) is 2.89. The fourth-order valence-corrected chi connectivity index (χ4v) is 2.71. The van der Waals surface area contributed by atoms with Crippen LogP contribution in [0.3, 0.4) is 0 Å². The van der Waals surface area contributed by atoms with Gasteiger partial charge >= 0.3 is 0 Å². The van der Waals surface area contributed by atoms with E-state index in [2.05, 4.69) is 5.43 Å². The van der Waals surface area contributed by atoms with E-state index in [0.29, 0.717) is 10.0 Å². The third kappa shape index (κ3) is 2.65. The second kappa shape index (κ2) is 5.70. The molecule has 0 fully saturated rings. The maximum Gasteiger partial charge on any atom is 0.137 e. The van der Waals surface area contributed by atoms with Gasteiger partial charge < -0.3 is 4.42 Å². The maximum absolute atomic E-state index is 6.08. The lowest BCUT2D eigenvalue weighted by atomic mass is 10.0. The molecule has 3 N–H and O–H groups in total. The third-order valence-electron chi connectivity index (χ3n) is 3.49. The van der Waals surface area contributed by atoms with Crippen LogP contribution >= 0.6 is 23.2 Å². The van der Waals surface area contributed by atoms with Crippen molar-refractivity contribution >= 4 is 34.2 Å². The molecule has 3 nitrogen and oxygen atoms in total. The Morgan fingerprint density at radius 3 is 2.57 bits per heavy atom. The summed E-state index contributed by atoms with van der Waals surface area (Å²) < 4.78 is 5.96. The molecular weight excluding hydrogens is 307 g/mol. The van der Waals surface area contributed by atoms with E-state index in [1.54, 1.807) is 12.1 Å². The highest BCUT2D eigenvalue weighted by atomic mass is 35.5. The third-order valence-corrected chi connectivity index (χ3v) is 4.23. The first-order valence-electron chi connectivity index (χ1n) is 6.50. The van der Waals surface area contributed by atoms with E-state index in [0.717, 1.165) is 27.9 Å². The molecule has 1 heterocycles. The van der Waals surface area contributed by atoms with Gasteiger partial charge in [0.1, 0.15) is 17.4 Å². The van der Waals surface area contributed by atoms with Gasteiger partial charge in [-0.05, 0) is 36.2 Å². The summed E-state index contributed by atoms with van der Waals surface area (Å²) in [6.45, 7) is 2.01. The minimum absolute atomic E-state index is 0.286. The molecule has 0 saturated heterocycles. The van der Waals surface area contributed by atoms with Crippen LogP contribution in [0, 0.1) is 6.92 Å². The van der Waals surface area contributed by atoms with E-state index >= 15 is 0 Å². The van der Waals surface area contributed by atoms with Crippen LogP contribution in [-0.2, 0) is 0 Å². The summed E-state index contributed by atoms with van der Waals surface area (Å²) in [4.78, 5) is 0. The van der Waals surface area contributed by atoms with Crippen LogP contribution in [0.25, 0.3) is 11.0 Å². The lowest BCUT2D eigenvalue weighted by Crippen LogP contribution is -2.28. The van der Waals surface area contributed by atoms with Crippen molar-refractivity contribution in [1.82, 2.24) is 5.43 Å². The van der Waals surface area contributed by atoms with Crippen molar-refractivity contribution in [3.05, 3.63) is 69.4 Å². The molecule has 5 heteroatoms. The second-order valence-corrected chi connectivity index (χ2v) is 5.73. The second-order valence-electron chi connectivity index (χ2n) is 4.92. The first kappa shape index (κ1) is 14.4. The van der Waals surface area contributed by atoms with Crippen LogP contribution in [0.4, 0.5) is 0 Å². The summed E-state index contributed by atoms with van der Waals surface area (Å²) in [5.74, 6) is 6.44. The number of hydrogen-bond donors (Lipinski definition) is 2. The monoisotopic (exact) mass is 320 g/mol. The van der Waals surface area contributed by atoms with Gasteiger partial charge in [0.15, 0.2) is 0 Å². The zero-order chi connectivity index (χ0) is 15.0. The van der Waals surface area contributed by atoms with Crippen LogP contribution in [0.15, 0.2) is 46.9 Å². The normalized spacial score (nSPS) is 12.8. The number of furan rings is 1. The van der Waals surface area contributed by atoms with Gasteiger partial charge in [0.05, 0.1) is 10.0 Å². The van der Waals surface area contributed by atoms with E-state index < -0.39 is 0 Å². The minimum atomic E-state index is -0.286. The Morgan fingerprint density at radius 2 is 1.90 bits per heavy atom. The van der Waals surface area contributed by atoms with Crippen molar-refractivity contribution < 1.29 is 4.42 Å². The molecule has 0 aliphatic rings. The summed E-state index contributed by atoms with van der Waals surface area (Å²) >= 11 is 12.0. The van der Waals surface area contributed by atoms with E-state index in [9.17, 15) is 0 Å². The lowest BCUT2D eigenvalue weighted by Gasteiger charge is -2.14. The number of aryl methyl sites for hydroxylation is 1. The Labute approximate surface area is 132 Å². The molecule has 0 saturated carbocycles. The predicted octanol–water partition coefficient (Wildman–Crippen LogP) is 4.60. The highest BCUT2D eigenvalue weighted by Crippen LogP contribution is 2.32. The minimum Gasteiger partial charge on any atom is -0.459 e. The van der Waals surface area contributed by atoms with Gasteiger partial charge in [-0.25, -0.2) is 5.43 Å². The summed E-state index contributed by atoms with van der Waals surface area (Å²) in [6.07, 6.45) is 0. The van der Waals surface area contributed by atoms with Crippen LogP contribution in [0.1, 0.15) is 22.9 Å². The van der Waals surface area contributed by atoms with E-state index in [1.165, 1.54) is 0 Å². The van der Waals surface area contributed by atoms with Gasteiger partial charge in [-0.15, -0.1) is 0 Å². The maximum atomic E-state index is 6.08. The van der Waals surface area contributed by atoms with Gasteiger partial charge in [0.25, 0.3) is 0 Å². The number of para-hydroxylation sites is 1. The van der Waals surface area contributed by atoms with Crippen molar-refractivity contribution in [2.75, 3.05) is 0 Å². The van der Waals surface area contributed by atoms with Gasteiger partial charge in [-0.2, -0.15) is 0 Å². The molecule has 0 spiro atoms. The molecular formula is C16H14Cl2N2O. The zero-order valence-electron chi connectivity index (χ0n) is 11.4. The Morgan fingerprint density at radius 1 is 1.10 bits per heavy atom. The number of hydrogen-bond acceptors (Lipinski definition) is 3. The molecule has 2 aromatic carbocycles. The Kier molecular flexibility index (Phi) is 3.91. The number of nitrogens with one attached hydrogen (secondary N) is 1. The van der Waals surface area contributed by atoms with E-state index in [1.807, 2.05) is 37.3 Å². The SMILES string of the molecule is Cc1cccc2cc(C(NN)c3ccc(Cl)c(Cl)c3)oc12. The molecule has 108 valence electrons. The quantitative estimate of drug-likeness (QED) is 0.547. The summed E-state index contributed by atoms with van der Waals surface area (Å²) in [7, 11) is 0. The van der Waals surface area contributed by atoms with Gasteiger partial charge in [-0.3, -0.25) is 5.84 Å². The number of benzene rings is 2. The van der Waals surface area contributed by atoms with Crippen molar-refractivity contribution in [3.63, 3.8) is 0 Å². The predicted molar refractivity (Wildman–Crippen MR) is 86.6 cm³/mol. The topological polar surface area (TPSA) is 51.2 Å². The molecule has 0 aliphatic heterocycles. The first-order chi connectivity index (χ1) is 10.1. The van der Waals surface area contributed by atoms with Crippen molar-refractivity contribution in [2.24, 2.45) is 5.84 Å². The number of hydrazine groups is 1. The fraction of sp³-hybridized carbons (Fsp3) is 0.125. The molecule has 0 bridgehead atoms. The highest BCUT2D eigenvalue weighted by Gasteiger charge is 2.18. The smallest absolute Gasteiger partial charge is 0.137 e. The Hall–Kier alpha value is -1.52. The Bertz CT molecular complexity index is 798. The van der Waals surface area contributed by atoms with Gasteiger partial charge in [-0.1, -0.05) is 47.5 Å². The van der Waals surface area contributed by atoms with Crippen molar-refractivity contribution in [1.29, 1.82) is 0 Å². The van der Waals surface area contributed by atoms with E-state index in [4.69, 9.17) is 33.5 Å². The van der Waals surface area contributed by atoms with E-state index in [-0.39, 0.29) is 6.04 Å². The van der Waals surface area contributed by atoms with Crippen LogP contribution < -0.4 is 11.3 Å². The summed E-state index contributed by atoms with van der Waals surface area (Å²) in [5, 5.41) is 2.05. The fourth-order valence-electron chi connectivity index (χ4n) is 2.41. The highest BCUT2D eigenvalue weighted by molar-refractivity contribution is 6.42. The lowest BCUT2D eigenvalue weighted by molar-refractivity contribution is 0.476. The molecule has 21 heavy (non-hydrogen) atoms. The number of fused-ring (bicyclic) bond motifs is 1. The Balaban J connectivity index is 2.09. The first-order valence-corrected chi connectivity index (χ1v) is 7.26. The van der Waals surface area contributed by atoms with Crippen molar-refractivity contribution in [2.45, 2.75) is 13.0 Å².